The Hall–Kier alpha value is -0.780. The molecule has 1 aliphatic heterocycles. The van der Waals surface area contributed by atoms with E-state index in [-0.39, 0.29) is 0 Å². The highest BCUT2D eigenvalue weighted by Gasteiger charge is 2.31. The maximum atomic E-state index is 12.5. The van der Waals surface area contributed by atoms with Crippen molar-refractivity contribution >= 4 is 21.7 Å². The second kappa shape index (κ2) is 4.24. The van der Waals surface area contributed by atoms with Gasteiger partial charge in [-0.15, -0.1) is 0 Å². The Kier molecular flexibility index (Phi) is 3.10. The smallest absolute Gasteiger partial charge is 0.355 e. The lowest BCUT2D eigenvalue weighted by Gasteiger charge is -2.17. The fourth-order valence-electron chi connectivity index (χ4n) is 1.69. The van der Waals surface area contributed by atoms with E-state index in [1.165, 1.54) is 6.20 Å². The molecular weight excluding hydrogens is 285 g/mol. The van der Waals surface area contributed by atoms with Gasteiger partial charge in [0, 0.05) is 24.1 Å². The van der Waals surface area contributed by atoms with Crippen LogP contribution in [-0.2, 0) is 6.18 Å². The third kappa shape index (κ3) is 2.48. The lowest BCUT2D eigenvalue weighted by molar-refractivity contribution is -0.137. The minimum absolute atomic E-state index is 0.337. The first-order valence-corrected chi connectivity index (χ1v) is 5.80. The molecule has 1 unspecified atom stereocenters. The molecule has 2 heterocycles. The van der Waals surface area contributed by atoms with Gasteiger partial charge in [0.15, 0.2) is 0 Å². The zero-order valence-corrected chi connectivity index (χ0v) is 9.92. The Morgan fingerprint density at radius 2 is 2.19 bits per heavy atom. The quantitative estimate of drug-likeness (QED) is 0.740. The second-order valence-electron chi connectivity index (χ2n) is 3.73. The highest BCUT2D eigenvalue weighted by atomic mass is 79.9. The fourth-order valence-corrected chi connectivity index (χ4v) is 2.25. The number of pyridine rings is 1. The van der Waals surface area contributed by atoms with Gasteiger partial charge in [0.05, 0.1) is 5.56 Å². The normalized spacial score (nSPS) is 21.5. The van der Waals surface area contributed by atoms with Gasteiger partial charge in [0.25, 0.3) is 0 Å². The van der Waals surface area contributed by atoms with E-state index in [9.17, 15) is 13.2 Å². The molecule has 1 fully saturated rings. The zero-order valence-electron chi connectivity index (χ0n) is 8.34. The zero-order chi connectivity index (χ0) is 11.8. The first-order valence-electron chi connectivity index (χ1n) is 4.89. The van der Waals surface area contributed by atoms with Crippen LogP contribution in [0.4, 0.5) is 19.0 Å². The Morgan fingerprint density at radius 3 is 2.75 bits per heavy atom. The monoisotopic (exact) mass is 294 g/mol. The van der Waals surface area contributed by atoms with Crippen LogP contribution in [0.15, 0.2) is 18.3 Å². The van der Waals surface area contributed by atoms with E-state index in [2.05, 4.69) is 20.9 Å². The van der Waals surface area contributed by atoms with Crippen LogP contribution in [-0.4, -0.2) is 22.9 Å². The molecule has 6 heteroatoms. The molecular formula is C10H10BrF3N2. The van der Waals surface area contributed by atoms with E-state index < -0.39 is 11.7 Å². The molecule has 1 saturated heterocycles. The summed E-state index contributed by atoms with van der Waals surface area (Å²) in [5, 5.41) is 0. The van der Waals surface area contributed by atoms with Gasteiger partial charge in [-0.2, -0.15) is 13.2 Å². The van der Waals surface area contributed by atoms with Crippen molar-refractivity contribution in [3.8, 4) is 0 Å². The maximum Gasteiger partial charge on any atom is 0.416 e. The van der Waals surface area contributed by atoms with Crippen LogP contribution in [0.1, 0.15) is 12.0 Å². The number of rotatable bonds is 1. The van der Waals surface area contributed by atoms with E-state index >= 15 is 0 Å². The lowest BCUT2D eigenvalue weighted by Crippen LogP contribution is -2.21. The summed E-state index contributed by atoms with van der Waals surface area (Å²) < 4.78 is 37.4. The Morgan fingerprint density at radius 1 is 1.44 bits per heavy atom. The van der Waals surface area contributed by atoms with E-state index in [1.54, 1.807) is 0 Å². The van der Waals surface area contributed by atoms with Gasteiger partial charge in [-0.25, -0.2) is 4.98 Å². The lowest BCUT2D eigenvalue weighted by atomic mass is 10.2. The molecule has 1 aliphatic rings. The molecule has 0 aromatic carbocycles. The standard InChI is InChI=1S/C10H10BrF3N2/c11-8-2-4-16(6-8)9-5-7(1-3-15-9)10(12,13)14/h1,3,5,8H,2,4,6H2. The summed E-state index contributed by atoms with van der Waals surface area (Å²) in [4.78, 5) is 6.17. The molecule has 0 N–H and O–H groups in total. The van der Waals surface area contributed by atoms with Crippen molar-refractivity contribution in [1.82, 2.24) is 4.98 Å². The number of anilines is 1. The number of nitrogens with zero attached hydrogens (tertiary/aromatic N) is 2. The van der Waals surface area contributed by atoms with Crippen molar-refractivity contribution in [2.24, 2.45) is 0 Å². The minimum Gasteiger partial charge on any atom is -0.355 e. The molecule has 0 saturated carbocycles. The predicted molar refractivity (Wildman–Crippen MR) is 58.8 cm³/mol. The summed E-state index contributed by atoms with van der Waals surface area (Å²) in [6.07, 6.45) is -2.16. The number of hydrogen-bond donors (Lipinski definition) is 0. The Balaban J connectivity index is 2.23. The molecule has 88 valence electrons. The predicted octanol–water partition coefficient (Wildman–Crippen LogP) is 3.07. The van der Waals surface area contributed by atoms with Crippen LogP contribution < -0.4 is 4.90 Å². The third-order valence-corrected chi connectivity index (χ3v) is 3.27. The largest absolute Gasteiger partial charge is 0.416 e. The first-order chi connectivity index (χ1) is 7.47. The molecule has 0 radical (unpaired) electrons. The van der Waals surface area contributed by atoms with Crippen LogP contribution in [0.2, 0.25) is 0 Å². The van der Waals surface area contributed by atoms with Gasteiger partial charge >= 0.3 is 6.18 Å². The van der Waals surface area contributed by atoms with E-state index in [0.29, 0.717) is 17.2 Å². The molecule has 16 heavy (non-hydrogen) atoms. The van der Waals surface area contributed by atoms with Gasteiger partial charge in [-0.1, -0.05) is 15.9 Å². The van der Waals surface area contributed by atoms with Crippen LogP contribution in [0.3, 0.4) is 0 Å². The first kappa shape index (κ1) is 11.7. The van der Waals surface area contributed by atoms with E-state index in [0.717, 1.165) is 25.1 Å². The van der Waals surface area contributed by atoms with Gasteiger partial charge in [-0.3, -0.25) is 0 Å². The molecule has 1 atom stereocenters. The summed E-state index contributed by atoms with van der Waals surface area (Å²) in [5.41, 5.74) is -0.643. The average Bonchev–Trinajstić information content (AvgIpc) is 2.64. The van der Waals surface area contributed by atoms with Crippen molar-refractivity contribution in [3.05, 3.63) is 23.9 Å². The molecule has 0 aliphatic carbocycles. The van der Waals surface area contributed by atoms with Crippen LogP contribution in [0, 0.1) is 0 Å². The SMILES string of the molecule is FC(F)(F)c1ccnc(N2CCC(Br)C2)c1. The van der Waals surface area contributed by atoms with Gasteiger partial charge in [0.2, 0.25) is 0 Å². The van der Waals surface area contributed by atoms with Crippen molar-refractivity contribution in [1.29, 1.82) is 0 Å². The second-order valence-corrected chi connectivity index (χ2v) is 5.03. The molecule has 1 aromatic rings. The molecule has 0 bridgehead atoms. The summed E-state index contributed by atoms with van der Waals surface area (Å²) in [6, 6.07) is 2.09. The highest BCUT2D eigenvalue weighted by Crippen LogP contribution is 2.31. The number of aromatic nitrogens is 1. The summed E-state index contributed by atoms with van der Waals surface area (Å²) in [6.45, 7) is 1.44. The third-order valence-electron chi connectivity index (χ3n) is 2.53. The molecule has 2 nitrogen and oxygen atoms in total. The minimum atomic E-state index is -4.30. The Labute approximate surface area is 99.6 Å². The van der Waals surface area contributed by atoms with E-state index in [1.807, 2.05) is 4.90 Å². The van der Waals surface area contributed by atoms with Crippen molar-refractivity contribution in [3.63, 3.8) is 0 Å². The molecule has 0 amide bonds. The summed E-state index contributed by atoms with van der Waals surface area (Å²) in [5.74, 6) is 0.400. The van der Waals surface area contributed by atoms with Crippen molar-refractivity contribution in [2.45, 2.75) is 17.4 Å². The molecule has 0 spiro atoms. The van der Waals surface area contributed by atoms with E-state index in [4.69, 9.17) is 0 Å². The van der Waals surface area contributed by atoms with Crippen LogP contribution in [0.5, 0.6) is 0 Å². The maximum absolute atomic E-state index is 12.5. The molecule has 2 rings (SSSR count). The number of halogens is 4. The van der Waals surface area contributed by atoms with Gasteiger partial charge in [-0.05, 0) is 18.6 Å². The number of alkyl halides is 4. The Bertz CT molecular complexity index is 381. The van der Waals surface area contributed by atoms with Crippen molar-refractivity contribution in [2.75, 3.05) is 18.0 Å². The van der Waals surface area contributed by atoms with Crippen LogP contribution >= 0.6 is 15.9 Å². The highest BCUT2D eigenvalue weighted by molar-refractivity contribution is 9.09. The summed E-state index contributed by atoms with van der Waals surface area (Å²) >= 11 is 3.44. The average molecular weight is 295 g/mol. The summed E-state index contributed by atoms with van der Waals surface area (Å²) in [7, 11) is 0. The fraction of sp³-hybridized carbons (Fsp3) is 0.500. The molecule has 1 aromatic heterocycles. The number of hydrogen-bond acceptors (Lipinski definition) is 2. The van der Waals surface area contributed by atoms with Crippen LogP contribution in [0.25, 0.3) is 0 Å². The van der Waals surface area contributed by atoms with Gasteiger partial charge in [0.1, 0.15) is 5.82 Å². The topological polar surface area (TPSA) is 16.1 Å². The van der Waals surface area contributed by atoms with Crippen molar-refractivity contribution < 1.29 is 13.2 Å². The van der Waals surface area contributed by atoms with Gasteiger partial charge < -0.3 is 4.90 Å².